The highest BCUT2D eigenvalue weighted by atomic mass is 19.1. The summed E-state index contributed by atoms with van der Waals surface area (Å²) in [7, 11) is 0. The number of carbonyl (C=O) groups is 2. The molecule has 1 fully saturated rings. The van der Waals surface area contributed by atoms with Crippen LogP contribution in [0.3, 0.4) is 0 Å². The summed E-state index contributed by atoms with van der Waals surface area (Å²) in [4.78, 5) is 26.2. The Bertz CT molecular complexity index is 748. The van der Waals surface area contributed by atoms with E-state index >= 15 is 0 Å². The molecule has 2 aromatic carbocycles. The Hall–Kier alpha value is -2.69. The number of hydrogen-bond donors (Lipinski definition) is 1. The molecule has 5 heteroatoms. The molecule has 0 spiro atoms. The van der Waals surface area contributed by atoms with Crippen molar-refractivity contribution in [3.8, 4) is 0 Å². The SMILES string of the molecule is O=C(NCCc1ccccc1F)C1CCC(=O)N1Cc1ccccc1. The van der Waals surface area contributed by atoms with Crippen molar-refractivity contribution in [2.75, 3.05) is 6.54 Å². The van der Waals surface area contributed by atoms with E-state index in [1.165, 1.54) is 6.07 Å². The van der Waals surface area contributed by atoms with Crippen LogP contribution in [-0.2, 0) is 22.6 Å². The molecule has 1 heterocycles. The fourth-order valence-corrected chi connectivity index (χ4v) is 3.12. The monoisotopic (exact) mass is 340 g/mol. The first-order chi connectivity index (χ1) is 12.1. The van der Waals surface area contributed by atoms with Crippen molar-refractivity contribution in [2.45, 2.75) is 31.8 Å². The summed E-state index contributed by atoms with van der Waals surface area (Å²) in [6.07, 6.45) is 1.34. The standard InChI is InChI=1S/C20H21FN2O2/c21-17-9-5-4-8-16(17)12-13-22-20(25)18-10-11-19(24)23(18)14-15-6-2-1-3-7-15/h1-9,18H,10-14H2,(H,22,25). The van der Waals surface area contributed by atoms with Crippen molar-refractivity contribution in [3.63, 3.8) is 0 Å². The molecule has 3 rings (SSSR count). The maximum Gasteiger partial charge on any atom is 0.242 e. The van der Waals surface area contributed by atoms with Crippen molar-refractivity contribution in [1.82, 2.24) is 10.2 Å². The molecule has 0 bridgehead atoms. The highest BCUT2D eigenvalue weighted by Crippen LogP contribution is 2.21. The molecule has 2 aromatic rings. The maximum atomic E-state index is 13.6. The minimum absolute atomic E-state index is 0.00175. The van der Waals surface area contributed by atoms with Gasteiger partial charge in [0.2, 0.25) is 11.8 Å². The zero-order valence-corrected chi connectivity index (χ0v) is 14.0. The van der Waals surface area contributed by atoms with Gasteiger partial charge in [0.25, 0.3) is 0 Å². The molecule has 1 saturated heterocycles. The van der Waals surface area contributed by atoms with E-state index in [0.717, 1.165) is 5.56 Å². The normalized spacial score (nSPS) is 16.9. The van der Waals surface area contributed by atoms with Gasteiger partial charge in [-0.05, 0) is 30.0 Å². The van der Waals surface area contributed by atoms with E-state index in [1.54, 1.807) is 23.1 Å². The first-order valence-electron chi connectivity index (χ1n) is 8.49. The second-order valence-corrected chi connectivity index (χ2v) is 6.19. The van der Waals surface area contributed by atoms with Gasteiger partial charge in [-0.1, -0.05) is 48.5 Å². The Kier molecular flexibility index (Phi) is 5.43. The second-order valence-electron chi connectivity index (χ2n) is 6.19. The highest BCUT2D eigenvalue weighted by Gasteiger charge is 2.35. The molecule has 0 aliphatic carbocycles. The van der Waals surface area contributed by atoms with Crippen LogP contribution >= 0.6 is 0 Å². The van der Waals surface area contributed by atoms with E-state index in [9.17, 15) is 14.0 Å². The number of carbonyl (C=O) groups excluding carboxylic acids is 2. The second kappa shape index (κ2) is 7.92. The molecule has 0 radical (unpaired) electrons. The molecule has 2 amide bonds. The van der Waals surface area contributed by atoms with Gasteiger partial charge < -0.3 is 10.2 Å². The van der Waals surface area contributed by atoms with Crippen molar-refractivity contribution >= 4 is 11.8 Å². The molecular weight excluding hydrogens is 319 g/mol. The third kappa shape index (κ3) is 4.24. The molecule has 25 heavy (non-hydrogen) atoms. The lowest BCUT2D eigenvalue weighted by atomic mass is 10.1. The van der Waals surface area contributed by atoms with Gasteiger partial charge in [0.15, 0.2) is 0 Å². The van der Waals surface area contributed by atoms with Gasteiger partial charge >= 0.3 is 0 Å². The Morgan fingerprint density at radius 3 is 2.60 bits per heavy atom. The molecule has 0 aromatic heterocycles. The summed E-state index contributed by atoms with van der Waals surface area (Å²) in [5, 5.41) is 2.84. The van der Waals surface area contributed by atoms with Crippen LogP contribution in [0.4, 0.5) is 4.39 Å². The third-order valence-corrected chi connectivity index (χ3v) is 4.48. The lowest BCUT2D eigenvalue weighted by Gasteiger charge is -2.24. The van der Waals surface area contributed by atoms with E-state index < -0.39 is 6.04 Å². The molecule has 1 N–H and O–H groups in total. The van der Waals surface area contributed by atoms with E-state index in [0.29, 0.717) is 37.9 Å². The van der Waals surface area contributed by atoms with E-state index in [-0.39, 0.29) is 17.6 Å². The minimum Gasteiger partial charge on any atom is -0.354 e. The predicted octanol–water partition coefficient (Wildman–Crippen LogP) is 2.68. The van der Waals surface area contributed by atoms with Crippen LogP contribution in [0, 0.1) is 5.82 Å². The topological polar surface area (TPSA) is 49.4 Å². The molecule has 1 aliphatic rings. The van der Waals surface area contributed by atoms with Crippen LogP contribution in [0.2, 0.25) is 0 Å². The first kappa shape index (κ1) is 17.1. The quantitative estimate of drug-likeness (QED) is 0.879. The smallest absolute Gasteiger partial charge is 0.242 e. The summed E-state index contributed by atoms with van der Waals surface area (Å²) < 4.78 is 13.6. The van der Waals surface area contributed by atoms with Gasteiger partial charge in [-0.2, -0.15) is 0 Å². The molecule has 4 nitrogen and oxygen atoms in total. The molecule has 1 atom stereocenters. The Balaban J connectivity index is 1.57. The zero-order valence-electron chi connectivity index (χ0n) is 14.0. The van der Waals surface area contributed by atoms with Gasteiger partial charge in [-0.25, -0.2) is 4.39 Å². The largest absolute Gasteiger partial charge is 0.354 e. The minimum atomic E-state index is -0.451. The van der Waals surface area contributed by atoms with Gasteiger partial charge in [-0.15, -0.1) is 0 Å². The van der Waals surface area contributed by atoms with E-state index in [1.807, 2.05) is 30.3 Å². The van der Waals surface area contributed by atoms with Crippen molar-refractivity contribution < 1.29 is 14.0 Å². The number of amides is 2. The fourth-order valence-electron chi connectivity index (χ4n) is 3.12. The average Bonchev–Trinajstić information content (AvgIpc) is 2.98. The summed E-state index contributed by atoms with van der Waals surface area (Å²) >= 11 is 0. The average molecular weight is 340 g/mol. The Labute approximate surface area is 146 Å². The Morgan fingerprint density at radius 2 is 1.84 bits per heavy atom. The number of nitrogens with one attached hydrogen (secondary N) is 1. The third-order valence-electron chi connectivity index (χ3n) is 4.48. The summed E-state index contributed by atoms with van der Waals surface area (Å²) in [6.45, 7) is 0.786. The first-order valence-corrected chi connectivity index (χ1v) is 8.49. The van der Waals surface area contributed by atoms with Crippen molar-refractivity contribution in [3.05, 3.63) is 71.5 Å². The Morgan fingerprint density at radius 1 is 1.12 bits per heavy atom. The molecule has 130 valence electrons. The van der Waals surface area contributed by atoms with Crippen LogP contribution in [0.15, 0.2) is 54.6 Å². The number of nitrogens with zero attached hydrogens (tertiary/aromatic N) is 1. The molecule has 0 saturated carbocycles. The number of benzene rings is 2. The van der Waals surface area contributed by atoms with Crippen molar-refractivity contribution in [2.24, 2.45) is 0 Å². The fraction of sp³-hybridized carbons (Fsp3) is 0.300. The van der Waals surface area contributed by atoms with E-state index in [4.69, 9.17) is 0 Å². The number of likely N-dealkylation sites (tertiary alicyclic amines) is 1. The zero-order chi connectivity index (χ0) is 17.6. The van der Waals surface area contributed by atoms with Crippen LogP contribution < -0.4 is 5.32 Å². The summed E-state index contributed by atoms with van der Waals surface area (Å²) in [5.74, 6) is -0.435. The summed E-state index contributed by atoms with van der Waals surface area (Å²) in [5.41, 5.74) is 1.58. The molecular formula is C20H21FN2O2. The van der Waals surface area contributed by atoms with Crippen molar-refractivity contribution in [1.29, 1.82) is 0 Å². The lowest BCUT2D eigenvalue weighted by Crippen LogP contribution is -2.44. The van der Waals surface area contributed by atoms with Crippen LogP contribution in [0.1, 0.15) is 24.0 Å². The number of hydrogen-bond acceptors (Lipinski definition) is 2. The number of halogens is 1. The van der Waals surface area contributed by atoms with Crippen LogP contribution in [0.5, 0.6) is 0 Å². The number of rotatable bonds is 6. The lowest BCUT2D eigenvalue weighted by molar-refractivity contribution is -0.135. The highest BCUT2D eigenvalue weighted by molar-refractivity contribution is 5.90. The van der Waals surface area contributed by atoms with Gasteiger partial charge in [0, 0.05) is 19.5 Å². The van der Waals surface area contributed by atoms with Crippen LogP contribution in [0.25, 0.3) is 0 Å². The summed E-state index contributed by atoms with van der Waals surface area (Å²) in [6, 6.07) is 15.7. The maximum absolute atomic E-state index is 13.6. The molecule has 1 aliphatic heterocycles. The van der Waals surface area contributed by atoms with Gasteiger partial charge in [0.05, 0.1) is 0 Å². The van der Waals surface area contributed by atoms with E-state index in [2.05, 4.69) is 5.32 Å². The van der Waals surface area contributed by atoms with Crippen LogP contribution in [-0.4, -0.2) is 29.3 Å². The van der Waals surface area contributed by atoms with Gasteiger partial charge in [0.1, 0.15) is 11.9 Å². The van der Waals surface area contributed by atoms with Gasteiger partial charge in [-0.3, -0.25) is 9.59 Å². The molecule has 1 unspecified atom stereocenters. The predicted molar refractivity (Wildman–Crippen MR) is 93.1 cm³/mol.